The molecule has 0 saturated heterocycles. The Bertz CT molecular complexity index is 3110. The number of imidazole rings is 1. The van der Waals surface area contributed by atoms with E-state index in [1.54, 1.807) is 11.3 Å². The number of benzene rings is 8. The summed E-state index contributed by atoms with van der Waals surface area (Å²) >= 11 is 1.68. The Hall–Kier alpha value is -7.68. The van der Waals surface area contributed by atoms with Crippen LogP contribution in [-0.4, -0.2) is 14.5 Å². The molecule has 4 heterocycles. The van der Waals surface area contributed by atoms with Gasteiger partial charge < -0.3 is 9.47 Å². The van der Waals surface area contributed by atoms with Gasteiger partial charge in [0.1, 0.15) is 33.1 Å². The fraction of sp³-hybridized carbons (Fsp3) is 0. The summed E-state index contributed by atoms with van der Waals surface area (Å²) in [5.41, 5.74) is 11.1. The lowest BCUT2D eigenvalue weighted by atomic mass is 10.1. The Kier molecular flexibility index (Phi) is 7.26. The van der Waals surface area contributed by atoms with Gasteiger partial charge in [-0.05, 0) is 60.7 Å². The highest BCUT2D eigenvalue weighted by Gasteiger charge is 2.37. The number of hydrogen-bond donors (Lipinski definition) is 0. The summed E-state index contributed by atoms with van der Waals surface area (Å²) in [4.78, 5) is 16.1. The van der Waals surface area contributed by atoms with E-state index in [2.05, 4.69) is 142 Å². The predicted octanol–water partition coefficient (Wildman–Crippen LogP) is 14.1. The smallest absolute Gasteiger partial charge is 0.151 e. The number of ether oxygens (including phenoxy) is 2. The molecule has 0 amide bonds. The highest BCUT2D eigenvalue weighted by molar-refractivity contribution is 7.22. The van der Waals surface area contributed by atoms with Crippen LogP contribution in [0.4, 0.5) is 34.1 Å². The first kappa shape index (κ1) is 32.6. The van der Waals surface area contributed by atoms with Crippen LogP contribution in [0.1, 0.15) is 0 Å². The topological polar surface area (TPSA) is 55.7 Å². The summed E-state index contributed by atoms with van der Waals surface area (Å²) in [6.07, 6.45) is 0. The third-order valence-electron chi connectivity index (χ3n) is 10.8. The van der Waals surface area contributed by atoms with Crippen molar-refractivity contribution < 1.29 is 9.47 Å². The number of anilines is 6. The van der Waals surface area contributed by atoms with E-state index >= 15 is 0 Å². The van der Waals surface area contributed by atoms with Crippen LogP contribution < -0.4 is 19.3 Å². The van der Waals surface area contributed by atoms with Gasteiger partial charge in [0.15, 0.2) is 23.0 Å². The van der Waals surface area contributed by atoms with Crippen molar-refractivity contribution in [1.82, 2.24) is 14.5 Å². The second kappa shape index (κ2) is 12.9. The molecule has 7 nitrogen and oxygen atoms in total. The number of hydrogen-bond acceptors (Lipinski definition) is 7. The molecule has 2 aromatic heterocycles. The van der Waals surface area contributed by atoms with Crippen molar-refractivity contribution in [2.75, 3.05) is 9.80 Å². The lowest BCUT2D eigenvalue weighted by Crippen LogP contribution is -2.19. The maximum atomic E-state index is 6.61. The van der Waals surface area contributed by atoms with Gasteiger partial charge >= 0.3 is 0 Å². The molecule has 0 aliphatic carbocycles. The molecule has 0 N–H and O–H groups in total. The molecule has 58 heavy (non-hydrogen) atoms. The molecule has 0 radical (unpaired) electrons. The average Bonchev–Trinajstić information content (AvgIpc) is 3.91. The summed E-state index contributed by atoms with van der Waals surface area (Å²) in [5.74, 6) is 3.86. The molecule has 8 aromatic carbocycles. The van der Waals surface area contributed by atoms with Crippen LogP contribution in [0.25, 0.3) is 48.9 Å². The number of nitrogens with zero attached hydrogens (tertiary/aromatic N) is 5. The van der Waals surface area contributed by atoms with Gasteiger partial charge in [0.25, 0.3) is 0 Å². The fourth-order valence-electron chi connectivity index (χ4n) is 8.29. The van der Waals surface area contributed by atoms with Crippen LogP contribution in [-0.2, 0) is 0 Å². The maximum Gasteiger partial charge on any atom is 0.151 e. The van der Waals surface area contributed by atoms with E-state index in [0.717, 1.165) is 106 Å². The van der Waals surface area contributed by atoms with Crippen LogP contribution >= 0.6 is 11.3 Å². The molecule has 2 aliphatic heterocycles. The van der Waals surface area contributed by atoms with Crippen molar-refractivity contribution in [2.24, 2.45) is 0 Å². The zero-order valence-electron chi connectivity index (χ0n) is 30.9. The fourth-order valence-corrected chi connectivity index (χ4v) is 9.40. The Labute approximate surface area is 337 Å². The van der Waals surface area contributed by atoms with Crippen LogP contribution in [0.3, 0.4) is 0 Å². The molecule has 0 atom stereocenters. The van der Waals surface area contributed by atoms with Crippen molar-refractivity contribution in [3.05, 3.63) is 188 Å². The SMILES string of the molecule is c1ccc(-c2nc3c(N4c5ccccc5Oc5ccccc54)c4c(nc(-c5ccccc5)n4-c4ccccc4)c(N4c5ccccc5Oc5ccccc54)c3s2)cc1. The molecule has 0 fully saturated rings. The first-order valence-corrected chi connectivity index (χ1v) is 20.0. The number of aromatic nitrogens is 3. The third-order valence-corrected chi connectivity index (χ3v) is 11.9. The van der Waals surface area contributed by atoms with Crippen molar-refractivity contribution >= 4 is 66.7 Å². The highest BCUT2D eigenvalue weighted by Crippen LogP contribution is 2.60. The average molecular weight is 766 g/mol. The standard InChI is InChI=1S/C50H31N5O2S/c1-4-18-32(19-5-1)49-51-43-45(53(49)34-22-8-3-9-23-34)46(54-35-24-10-14-28-39(35)56-40-29-15-11-25-36(40)54)44-48(58-50(52-44)33-20-6-2-7-21-33)47(43)55-37-26-12-16-30-41(37)57-42-31-17-13-27-38(42)55/h1-31H. The Morgan fingerprint density at radius 1 is 0.397 bits per heavy atom. The highest BCUT2D eigenvalue weighted by atomic mass is 32.1. The summed E-state index contributed by atoms with van der Waals surface area (Å²) in [6, 6.07) is 64.4. The summed E-state index contributed by atoms with van der Waals surface area (Å²) < 4.78 is 16.5. The predicted molar refractivity (Wildman–Crippen MR) is 235 cm³/mol. The van der Waals surface area contributed by atoms with Crippen molar-refractivity contribution in [1.29, 1.82) is 0 Å². The van der Waals surface area contributed by atoms with Gasteiger partial charge in [-0.3, -0.25) is 14.4 Å². The van der Waals surface area contributed by atoms with Gasteiger partial charge in [0.2, 0.25) is 0 Å². The van der Waals surface area contributed by atoms with Crippen molar-refractivity contribution in [3.63, 3.8) is 0 Å². The summed E-state index contributed by atoms with van der Waals surface area (Å²) in [5, 5.41) is 0.907. The number of thiazole rings is 1. The van der Waals surface area contributed by atoms with E-state index < -0.39 is 0 Å². The van der Waals surface area contributed by atoms with Gasteiger partial charge in [-0.15, -0.1) is 11.3 Å². The molecule has 10 aromatic rings. The van der Waals surface area contributed by atoms with Crippen LogP contribution in [0.5, 0.6) is 23.0 Å². The van der Waals surface area contributed by atoms with Crippen molar-refractivity contribution in [2.45, 2.75) is 0 Å². The molecule has 0 saturated carbocycles. The Balaban J connectivity index is 1.33. The molecule has 274 valence electrons. The van der Waals surface area contributed by atoms with E-state index in [4.69, 9.17) is 19.4 Å². The van der Waals surface area contributed by atoms with Gasteiger partial charge in [0, 0.05) is 16.8 Å². The lowest BCUT2D eigenvalue weighted by molar-refractivity contribution is 0.477. The first-order valence-electron chi connectivity index (χ1n) is 19.2. The second-order valence-electron chi connectivity index (χ2n) is 14.2. The van der Waals surface area contributed by atoms with E-state index in [1.807, 2.05) is 60.7 Å². The maximum absolute atomic E-state index is 6.61. The molecule has 0 spiro atoms. The third kappa shape index (κ3) is 4.92. The summed E-state index contributed by atoms with van der Waals surface area (Å²) in [7, 11) is 0. The summed E-state index contributed by atoms with van der Waals surface area (Å²) in [6.45, 7) is 0. The van der Waals surface area contributed by atoms with Crippen LogP contribution in [0.2, 0.25) is 0 Å². The van der Waals surface area contributed by atoms with E-state index in [0.29, 0.717) is 0 Å². The van der Waals surface area contributed by atoms with E-state index in [1.165, 1.54) is 0 Å². The van der Waals surface area contributed by atoms with Gasteiger partial charge in [-0.2, -0.15) is 0 Å². The molecule has 8 heteroatoms. The van der Waals surface area contributed by atoms with Gasteiger partial charge in [-0.1, -0.05) is 127 Å². The van der Waals surface area contributed by atoms with Gasteiger partial charge in [0.05, 0.1) is 33.1 Å². The van der Waals surface area contributed by atoms with E-state index in [-0.39, 0.29) is 0 Å². The van der Waals surface area contributed by atoms with E-state index in [9.17, 15) is 0 Å². The number of para-hydroxylation sites is 9. The zero-order valence-corrected chi connectivity index (χ0v) is 31.7. The Morgan fingerprint density at radius 2 is 0.828 bits per heavy atom. The van der Waals surface area contributed by atoms with Crippen LogP contribution in [0.15, 0.2) is 188 Å². The Morgan fingerprint density at radius 3 is 1.34 bits per heavy atom. The minimum absolute atomic E-state index is 0.759. The zero-order chi connectivity index (χ0) is 38.2. The quantitative estimate of drug-likeness (QED) is 0.174. The molecule has 2 aliphatic rings. The normalized spacial score (nSPS) is 12.7. The largest absolute Gasteiger partial charge is 0.453 e. The molecular formula is C50H31N5O2S. The molecular weight excluding hydrogens is 735 g/mol. The lowest BCUT2D eigenvalue weighted by Gasteiger charge is -2.35. The minimum Gasteiger partial charge on any atom is -0.453 e. The monoisotopic (exact) mass is 765 g/mol. The molecule has 0 bridgehead atoms. The van der Waals surface area contributed by atoms with Gasteiger partial charge in [-0.25, -0.2) is 9.97 Å². The van der Waals surface area contributed by atoms with Crippen molar-refractivity contribution in [3.8, 4) is 50.6 Å². The molecule has 0 unspecified atom stereocenters. The number of rotatable bonds is 5. The molecule has 12 rings (SSSR count). The first-order chi connectivity index (χ1) is 28.8. The second-order valence-corrected chi connectivity index (χ2v) is 15.2. The van der Waals surface area contributed by atoms with Crippen LogP contribution in [0, 0.1) is 0 Å². The number of fused-ring (bicyclic) bond motifs is 6. The minimum atomic E-state index is 0.759.